The van der Waals surface area contributed by atoms with Crippen LogP contribution >= 0.6 is 7.14 Å². The van der Waals surface area contributed by atoms with Crippen molar-refractivity contribution in [2.45, 2.75) is 45.1 Å². The van der Waals surface area contributed by atoms with E-state index in [1.54, 1.807) is 18.2 Å². The summed E-state index contributed by atoms with van der Waals surface area (Å²) < 4.78 is 58.7. The largest absolute Gasteiger partial charge is 0.493 e. The minimum Gasteiger partial charge on any atom is -0.493 e. The van der Waals surface area contributed by atoms with Crippen LogP contribution in [0.2, 0.25) is 0 Å². The molecule has 0 saturated heterocycles. The Balaban J connectivity index is 1.01. The van der Waals surface area contributed by atoms with E-state index < -0.39 is 17.2 Å². The Bertz CT molecular complexity index is 1930. The molecular weight excluding hydrogens is 716 g/mol. The van der Waals surface area contributed by atoms with Gasteiger partial charge in [-0.15, -0.1) is 0 Å². The first-order valence-electron chi connectivity index (χ1n) is 18.7. The third-order valence-corrected chi connectivity index (χ3v) is 12.4. The fourth-order valence-corrected chi connectivity index (χ4v) is 9.00. The van der Waals surface area contributed by atoms with E-state index in [9.17, 15) is 13.0 Å². The van der Waals surface area contributed by atoms with Gasteiger partial charge in [0.15, 0.2) is 0 Å². The van der Waals surface area contributed by atoms with Crippen LogP contribution in [0.4, 0.5) is 5.69 Å². The molecule has 0 bridgehead atoms. The van der Waals surface area contributed by atoms with Crippen LogP contribution in [0.3, 0.4) is 0 Å². The summed E-state index contributed by atoms with van der Waals surface area (Å²) in [5, 5.41) is 3.47. The predicted molar refractivity (Wildman–Crippen MR) is 221 cm³/mol. The first-order chi connectivity index (χ1) is 26.2. The number of aryl methyl sites for hydroxylation is 2. The van der Waals surface area contributed by atoms with E-state index in [-0.39, 0.29) is 6.35 Å². The monoisotopic (exact) mass is 768 g/mol. The van der Waals surface area contributed by atoms with Crippen molar-refractivity contribution in [2.75, 3.05) is 49.3 Å². The molecule has 5 aromatic carbocycles. The standard InChI is InChI=1S/C44H53N2O6PS/c1-54(48,49)46-43-34-42(26-27-44(43)51-35-40-18-9-4-10-19-40)50-31-13-29-45-30-28-39-22-24-41(25-23-39)52-36-53(47,32-11-20-37-14-5-2-6-15-37)33-12-21-38-16-7-3-8-17-38/h2-10,14-19,22-27,34,45-46H,11-13,20-21,28-33,35-36H2,1H3. The second kappa shape index (κ2) is 21.4. The molecule has 0 radical (unpaired) electrons. The second-order valence-electron chi connectivity index (χ2n) is 13.6. The number of anilines is 1. The number of nitrogens with one attached hydrogen (secondary N) is 2. The first-order valence-corrected chi connectivity index (χ1v) is 22.9. The fraction of sp³-hybridized carbons (Fsp3) is 0.318. The van der Waals surface area contributed by atoms with Gasteiger partial charge in [-0.25, -0.2) is 8.42 Å². The number of rotatable bonds is 24. The zero-order valence-corrected chi connectivity index (χ0v) is 32.9. The van der Waals surface area contributed by atoms with Crippen LogP contribution in [-0.2, 0) is 40.5 Å². The molecule has 8 nitrogen and oxygen atoms in total. The molecule has 0 spiro atoms. The molecule has 0 aliphatic rings. The maximum atomic E-state index is 14.1. The predicted octanol–water partition coefficient (Wildman–Crippen LogP) is 9.20. The molecule has 54 heavy (non-hydrogen) atoms. The third kappa shape index (κ3) is 15.1. The molecule has 5 aromatic rings. The molecule has 0 unspecified atom stereocenters. The fourth-order valence-electron chi connectivity index (χ4n) is 6.10. The molecule has 0 heterocycles. The van der Waals surface area contributed by atoms with Crippen LogP contribution < -0.4 is 24.2 Å². The van der Waals surface area contributed by atoms with E-state index >= 15 is 0 Å². The lowest BCUT2D eigenvalue weighted by Gasteiger charge is -2.19. The van der Waals surface area contributed by atoms with Gasteiger partial charge in [0.05, 0.1) is 18.6 Å². The number of sulfonamides is 1. The van der Waals surface area contributed by atoms with Gasteiger partial charge >= 0.3 is 0 Å². The van der Waals surface area contributed by atoms with E-state index in [0.29, 0.717) is 42.7 Å². The molecule has 286 valence electrons. The van der Waals surface area contributed by atoms with Crippen LogP contribution in [0, 0.1) is 0 Å². The summed E-state index contributed by atoms with van der Waals surface area (Å²) in [4.78, 5) is 0. The molecule has 0 atom stereocenters. The second-order valence-corrected chi connectivity index (χ2v) is 18.6. The van der Waals surface area contributed by atoms with Crippen LogP contribution in [-0.4, -0.2) is 53.0 Å². The summed E-state index contributed by atoms with van der Waals surface area (Å²) >= 11 is 0. The Morgan fingerprint density at radius 3 is 1.72 bits per heavy atom. The molecule has 0 fully saturated rings. The minimum atomic E-state index is -3.51. The van der Waals surface area contributed by atoms with Crippen LogP contribution in [0.1, 0.15) is 41.5 Å². The zero-order valence-electron chi connectivity index (χ0n) is 31.2. The summed E-state index contributed by atoms with van der Waals surface area (Å²) in [6.07, 6.45) is 8.00. The lowest BCUT2D eigenvalue weighted by molar-refractivity contribution is 0.300. The summed E-state index contributed by atoms with van der Waals surface area (Å²) in [5.41, 5.74) is 5.07. The normalized spacial score (nSPS) is 11.6. The van der Waals surface area contributed by atoms with Crippen molar-refractivity contribution in [3.63, 3.8) is 0 Å². The molecule has 2 N–H and O–H groups in total. The van der Waals surface area contributed by atoms with Crippen molar-refractivity contribution in [3.05, 3.63) is 156 Å². The van der Waals surface area contributed by atoms with Crippen molar-refractivity contribution in [1.82, 2.24) is 5.32 Å². The lowest BCUT2D eigenvalue weighted by atomic mass is 10.1. The highest BCUT2D eigenvalue weighted by Gasteiger charge is 2.23. The van der Waals surface area contributed by atoms with Gasteiger partial charge in [0.25, 0.3) is 0 Å². The highest BCUT2D eigenvalue weighted by Crippen LogP contribution is 2.47. The molecular formula is C44H53N2O6PS. The SMILES string of the molecule is CS(=O)(=O)Nc1cc(OCCCNCCc2ccc(OCP(=O)(CCCc3ccccc3)CCCc3ccccc3)cc2)ccc1OCc1ccccc1. The van der Waals surface area contributed by atoms with Crippen molar-refractivity contribution in [2.24, 2.45) is 0 Å². The molecule has 5 rings (SSSR count). The minimum absolute atomic E-state index is 0.265. The van der Waals surface area contributed by atoms with Gasteiger partial charge in [0.1, 0.15) is 37.3 Å². The molecule has 0 saturated carbocycles. The van der Waals surface area contributed by atoms with Crippen molar-refractivity contribution >= 4 is 22.9 Å². The lowest BCUT2D eigenvalue weighted by Crippen LogP contribution is -2.20. The van der Waals surface area contributed by atoms with E-state index in [2.05, 4.69) is 70.7 Å². The van der Waals surface area contributed by atoms with Gasteiger partial charge in [-0.2, -0.15) is 0 Å². The van der Waals surface area contributed by atoms with E-state index in [1.807, 2.05) is 54.6 Å². The molecule has 0 amide bonds. The molecule has 0 aromatic heterocycles. The van der Waals surface area contributed by atoms with Crippen LogP contribution in [0.15, 0.2) is 133 Å². The van der Waals surface area contributed by atoms with Gasteiger partial charge in [0, 0.05) is 18.4 Å². The van der Waals surface area contributed by atoms with Gasteiger partial charge in [0.2, 0.25) is 10.0 Å². The zero-order chi connectivity index (χ0) is 37.9. The maximum Gasteiger partial charge on any atom is 0.229 e. The molecule has 0 aliphatic heterocycles. The Morgan fingerprint density at radius 1 is 0.574 bits per heavy atom. The van der Waals surface area contributed by atoms with E-state index in [4.69, 9.17) is 14.2 Å². The number of benzene rings is 5. The van der Waals surface area contributed by atoms with Crippen molar-refractivity contribution in [1.29, 1.82) is 0 Å². The van der Waals surface area contributed by atoms with Crippen molar-refractivity contribution < 1.29 is 27.2 Å². The van der Waals surface area contributed by atoms with Gasteiger partial charge in [-0.05, 0) is 98.1 Å². The Hall–Kier alpha value is -4.56. The number of hydrogen-bond acceptors (Lipinski definition) is 7. The summed E-state index contributed by atoms with van der Waals surface area (Å²) in [7, 11) is -6.03. The first kappa shape index (κ1) is 40.6. The van der Waals surface area contributed by atoms with Crippen molar-refractivity contribution in [3.8, 4) is 17.2 Å². The Morgan fingerprint density at radius 2 is 1.13 bits per heavy atom. The summed E-state index contributed by atoms with van der Waals surface area (Å²) in [5.74, 6) is 1.74. The van der Waals surface area contributed by atoms with Crippen LogP contribution in [0.25, 0.3) is 0 Å². The van der Waals surface area contributed by atoms with Gasteiger partial charge < -0.3 is 24.1 Å². The van der Waals surface area contributed by atoms with E-state index in [1.165, 1.54) is 16.7 Å². The summed E-state index contributed by atoms with van der Waals surface area (Å²) in [6, 6.07) is 43.8. The van der Waals surface area contributed by atoms with Crippen LogP contribution in [0.5, 0.6) is 17.2 Å². The molecule has 10 heteroatoms. The summed E-state index contributed by atoms with van der Waals surface area (Å²) in [6.45, 7) is 2.38. The van der Waals surface area contributed by atoms with Gasteiger partial charge in [-0.3, -0.25) is 4.72 Å². The average Bonchev–Trinajstić information content (AvgIpc) is 3.17. The Kier molecular flexibility index (Phi) is 16.1. The number of hydrogen-bond donors (Lipinski definition) is 2. The average molecular weight is 769 g/mol. The highest BCUT2D eigenvalue weighted by atomic mass is 32.2. The Labute approximate surface area is 321 Å². The highest BCUT2D eigenvalue weighted by molar-refractivity contribution is 7.92. The van der Waals surface area contributed by atoms with E-state index in [0.717, 1.165) is 69.2 Å². The molecule has 0 aliphatic carbocycles. The third-order valence-electron chi connectivity index (χ3n) is 8.98. The maximum absolute atomic E-state index is 14.1. The number of ether oxygens (including phenoxy) is 3. The smallest absolute Gasteiger partial charge is 0.229 e. The van der Waals surface area contributed by atoms with Gasteiger partial charge in [-0.1, -0.05) is 103 Å². The topological polar surface area (TPSA) is 103 Å². The quantitative estimate of drug-likeness (QED) is 0.0477.